The van der Waals surface area contributed by atoms with E-state index in [2.05, 4.69) is 20.9 Å². The maximum Gasteiger partial charge on any atom is 0.232 e. The van der Waals surface area contributed by atoms with Crippen molar-refractivity contribution in [2.75, 3.05) is 19.8 Å². The van der Waals surface area contributed by atoms with Gasteiger partial charge in [-0.3, -0.25) is 0 Å². The van der Waals surface area contributed by atoms with E-state index in [1.54, 1.807) is 12.3 Å². The van der Waals surface area contributed by atoms with Crippen LogP contribution in [0.4, 0.5) is 0 Å². The van der Waals surface area contributed by atoms with Crippen molar-refractivity contribution in [2.24, 2.45) is 5.92 Å². The highest BCUT2D eigenvalue weighted by molar-refractivity contribution is 9.10. The molecule has 1 saturated heterocycles. The average Bonchev–Trinajstić information content (AvgIpc) is 2.69. The van der Waals surface area contributed by atoms with Gasteiger partial charge in [0.15, 0.2) is 0 Å². The fourth-order valence-corrected chi connectivity index (χ4v) is 2.10. The number of rotatable bonds is 3. The molecule has 1 aliphatic rings. The Balaban J connectivity index is 1.92. The van der Waals surface area contributed by atoms with E-state index in [-0.39, 0.29) is 0 Å². The van der Waals surface area contributed by atoms with E-state index in [9.17, 15) is 0 Å². The molecule has 0 aromatic carbocycles. The summed E-state index contributed by atoms with van der Waals surface area (Å²) >= 11 is 9.26. The monoisotopic (exact) mass is 291 g/mol. The van der Waals surface area contributed by atoms with E-state index >= 15 is 0 Å². The minimum absolute atomic E-state index is 0.464. The predicted octanol–water partition coefficient (Wildman–Crippen LogP) is 2.91. The normalized spacial score (nSPS) is 20.5. The first-order chi connectivity index (χ1) is 7.25. The Labute approximate surface area is 102 Å². The fourth-order valence-electron chi connectivity index (χ4n) is 1.42. The molecule has 1 atom stereocenters. The molecule has 0 bridgehead atoms. The van der Waals surface area contributed by atoms with Crippen molar-refractivity contribution < 1.29 is 9.47 Å². The number of hydrogen-bond donors (Lipinski definition) is 0. The molecular weight excluding hydrogens is 281 g/mol. The van der Waals surface area contributed by atoms with Crippen molar-refractivity contribution >= 4 is 27.5 Å². The van der Waals surface area contributed by atoms with Crippen LogP contribution in [-0.4, -0.2) is 24.8 Å². The molecule has 3 nitrogen and oxygen atoms in total. The third-order valence-electron chi connectivity index (χ3n) is 2.25. The standard InChI is InChI=1S/C10H11BrClNO2/c11-8-3-9(12)10(13-4-8)15-6-7-1-2-14-5-7/h3-4,7H,1-2,5-6H2. The van der Waals surface area contributed by atoms with Crippen molar-refractivity contribution in [3.05, 3.63) is 21.8 Å². The Kier molecular flexibility index (Phi) is 3.83. The lowest BCUT2D eigenvalue weighted by Crippen LogP contribution is -2.12. The van der Waals surface area contributed by atoms with Crippen LogP contribution in [0.1, 0.15) is 6.42 Å². The summed E-state index contributed by atoms with van der Waals surface area (Å²) in [7, 11) is 0. The number of hydrogen-bond acceptors (Lipinski definition) is 3. The Morgan fingerprint density at radius 2 is 2.53 bits per heavy atom. The molecular formula is C10H11BrClNO2. The van der Waals surface area contributed by atoms with Gasteiger partial charge in [-0.25, -0.2) is 4.98 Å². The Morgan fingerprint density at radius 1 is 1.67 bits per heavy atom. The quantitative estimate of drug-likeness (QED) is 0.858. The van der Waals surface area contributed by atoms with Crippen LogP contribution < -0.4 is 4.74 Å². The molecule has 82 valence electrons. The van der Waals surface area contributed by atoms with Crippen LogP contribution >= 0.6 is 27.5 Å². The highest BCUT2D eigenvalue weighted by Crippen LogP contribution is 2.25. The van der Waals surface area contributed by atoms with Gasteiger partial charge in [0.05, 0.1) is 13.2 Å². The number of nitrogens with zero attached hydrogens (tertiary/aromatic N) is 1. The molecule has 0 saturated carbocycles. The van der Waals surface area contributed by atoms with Crippen LogP contribution in [0.25, 0.3) is 0 Å². The number of pyridine rings is 1. The summed E-state index contributed by atoms with van der Waals surface area (Å²) in [6, 6.07) is 1.77. The van der Waals surface area contributed by atoms with Gasteiger partial charge in [-0.05, 0) is 28.4 Å². The largest absolute Gasteiger partial charge is 0.476 e. The van der Waals surface area contributed by atoms with Crippen LogP contribution in [0.15, 0.2) is 16.7 Å². The van der Waals surface area contributed by atoms with Crippen molar-refractivity contribution in [2.45, 2.75) is 6.42 Å². The van der Waals surface area contributed by atoms with E-state index in [1.165, 1.54) is 0 Å². The second kappa shape index (κ2) is 5.14. The van der Waals surface area contributed by atoms with Crippen LogP contribution in [-0.2, 0) is 4.74 Å². The van der Waals surface area contributed by atoms with Gasteiger partial charge in [0, 0.05) is 23.2 Å². The zero-order valence-corrected chi connectivity index (χ0v) is 10.4. The molecule has 5 heteroatoms. The van der Waals surface area contributed by atoms with Crippen molar-refractivity contribution in [1.29, 1.82) is 0 Å². The summed E-state index contributed by atoms with van der Waals surface area (Å²) in [5, 5.41) is 0.531. The lowest BCUT2D eigenvalue weighted by molar-refractivity contribution is 0.165. The predicted molar refractivity (Wildman–Crippen MR) is 61.4 cm³/mol. The molecule has 1 aliphatic heterocycles. The van der Waals surface area contributed by atoms with Gasteiger partial charge in [-0.2, -0.15) is 0 Å². The lowest BCUT2D eigenvalue weighted by atomic mass is 10.1. The highest BCUT2D eigenvalue weighted by atomic mass is 79.9. The summed E-state index contributed by atoms with van der Waals surface area (Å²) in [4.78, 5) is 4.10. The number of halogens is 2. The summed E-state index contributed by atoms with van der Waals surface area (Å²) in [5.74, 6) is 0.957. The molecule has 0 spiro atoms. The zero-order chi connectivity index (χ0) is 10.7. The number of ether oxygens (including phenoxy) is 2. The van der Waals surface area contributed by atoms with Crippen molar-refractivity contribution in [3.63, 3.8) is 0 Å². The molecule has 0 aliphatic carbocycles. The molecule has 0 amide bonds. The van der Waals surface area contributed by atoms with Gasteiger partial charge in [-0.1, -0.05) is 11.6 Å². The maximum atomic E-state index is 5.97. The Bertz CT molecular complexity index is 342. The third kappa shape index (κ3) is 3.06. The van der Waals surface area contributed by atoms with E-state index < -0.39 is 0 Å². The topological polar surface area (TPSA) is 31.4 Å². The lowest BCUT2D eigenvalue weighted by Gasteiger charge is -2.10. The fraction of sp³-hybridized carbons (Fsp3) is 0.500. The smallest absolute Gasteiger partial charge is 0.232 e. The minimum atomic E-state index is 0.464. The maximum absolute atomic E-state index is 5.97. The minimum Gasteiger partial charge on any atom is -0.476 e. The SMILES string of the molecule is Clc1cc(Br)cnc1OCC1CCOC1. The first-order valence-electron chi connectivity index (χ1n) is 4.77. The molecule has 1 aromatic heterocycles. The molecule has 15 heavy (non-hydrogen) atoms. The van der Waals surface area contributed by atoms with Crippen molar-refractivity contribution in [1.82, 2.24) is 4.98 Å². The average molecular weight is 293 g/mol. The summed E-state index contributed by atoms with van der Waals surface area (Å²) in [6.07, 6.45) is 2.72. The van der Waals surface area contributed by atoms with Gasteiger partial charge in [0.1, 0.15) is 5.02 Å². The van der Waals surface area contributed by atoms with E-state index in [0.717, 1.165) is 24.1 Å². The Morgan fingerprint density at radius 3 is 3.20 bits per heavy atom. The van der Waals surface area contributed by atoms with E-state index in [4.69, 9.17) is 21.1 Å². The van der Waals surface area contributed by atoms with Crippen LogP contribution in [0.5, 0.6) is 5.88 Å². The van der Waals surface area contributed by atoms with Crippen LogP contribution in [0.2, 0.25) is 5.02 Å². The zero-order valence-electron chi connectivity index (χ0n) is 8.08. The van der Waals surface area contributed by atoms with E-state index in [0.29, 0.717) is 23.4 Å². The van der Waals surface area contributed by atoms with Gasteiger partial charge in [0.2, 0.25) is 5.88 Å². The summed E-state index contributed by atoms with van der Waals surface area (Å²) in [6.45, 7) is 2.22. The molecule has 2 heterocycles. The van der Waals surface area contributed by atoms with Gasteiger partial charge in [0.25, 0.3) is 0 Å². The second-order valence-corrected chi connectivity index (χ2v) is 4.80. The van der Waals surface area contributed by atoms with Gasteiger partial charge in [-0.15, -0.1) is 0 Å². The molecule has 1 aromatic rings. The molecule has 0 N–H and O–H groups in total. The molecule has 2 rings (SSSR count). The van der Waals surface area contributed by atoms with Crippen LogP contribution in [0, 0.1) is 5.92 Å². The van der Waals surface area contributed by atoms with Crippen molar-refractivity contribution in [3.8, 4) is 5.88 Å². The summed E-state index contributed by atoms with van der Waals surface area (Å²) in [5.41, 5.74) is 0. The Hall–Kier alpha value is -0.320. The first kappa shape index (κ1) is 11.2. The van der Waals surface area contributed by atoms with Gasteiger partial charge < -0.3 is 9.47 Å². The molecule has 0 radical (unpaired) electrons. The molecule has 1 fully saturated rings. The van der Waals surface area contributed by atoms with Gasteiger partial charge >= 0.3 is 0 Å². The third-order valence-corrected chi connectivity index (χ3v) is 2.96. The highest BCUT2D eigenvalue weighted by Gasteiger charge is 2.17. The van der Waals surface area contributed by atoms with E-state index in [1.807, 2.05) is 0 Å². The summed E-state index contributed by atoms with van der Waals surface area (Å²) < 4.78 is 11.6. The van der Waals surface area contributed by atoms with Crippen LogP contribution in [0.3, 0.4) is 0 Å². The first-order valence-corrected chi connectivity index (χ1v) is 5.94. The molecule has 1 unspecified atom stereocenters. The second-order valence-electron chi connectivity index (χ2n) is 3.48. The number of aromatic nitrogens is 1.